The number of nitrogens with zero attached hydrogens (tertiary/aromatic N) is 3. The van der Waals surface area contributed by atoms with Gasteiger partial charge in [-0.15, -0.1) is 0 Å². The molecule has 0 aliphatic carbocycles. The number of carbonyl (C=O) groups is 2. The Morgan fingerprint density at radius 1 is 1.00 bits per heavy atom. The average Bonchev–Trinajstić information content (AvgIpc) is 3.25. The van der Waals surface area contributed by atoms with Crippen molar-refractivity contribution >= 4 is 11.9 Å². The maximum Gasteiger partial charge on any atom is 0.320 e. The fourth-order valence-electron chi connectivity index (χ4n) is 4.59. The van der Waals surface area contributed by atoms with Crippen molar-refractivity contribution < 1.29 is 18.4 Å². The van der Waals surface area contributed by atoms with Crippen LogP contribution >= 0.6 is 0 Å². The monoisotopic (exact) mass is 399 g/mol. The van der Waals surface area contributed by atoms with Gasteiger partial charge in [-0.1, -0.05) is 24.3 Å². The molecular formula is C22H23F2N3O2. The third kappa shape index (κ3) is 3.45. The quantitative estimate of drug-likeness (QED) is 0.777. The van der Waals surface area contributed by atoms with Gasteiger partial charge in [-0.3, -0.25) is 4.79 Å². The van der Waals surface area contributed by atoms with Crippen LogP contribution in [0.5, 0.6) is 0 Å². The normalized spacial score (nSPS) is 23.2. The number of carbonyl (C=O) groups excluding carboxylic acids is 2. The second kappa shape index (κ2) is 7.46. The van der Waals surface area contributed by atoms with Gasteiger partial charge in [0.2, 0.25) is 0 Å². The average molecular weight is 399 g/mol. The highest BCUT2D eigenvalue weighted by Gasteiger charge is 2.50. The molecule has 0 bridgehead atoms. The summed E-state index contributed by atoms with van der Waals surface area (Å²) >= 11 is 0. The summed E-state index contributed by atoms with van der Waals surface area (Å²) in [6, 6.07) is 11.7. The number of benzene rings is 2. The van der Waals surface area contributed by atoms with Crippen LogP contribution in [0, 0.1) is 23.5 Å². The van der Waals surface area contributed by atoms with Gasteiger partial charge in [-0.05, 0) is 29.8 Å². The molecule has 0 saturated carbocycles. The molecule has 3 atom stereocenters. The molecule has 2 heterocycles. The van der Waals surface area contributed by atoms with Crippen LogP contribution in [0.2, 0.25) is 0 Å². The minimum Gasteiger partial charge on any atom is -0.338 e. The molecule has 0 N–H and O–H groups in total. The van der Waals surface area contributed by atoms with Crippen LogP contribution in [-0.2, 0) is 0 Å². The van der Waals surface area contributed by atoms with Crippen LogP contribution in [0.4, 0.5) is 13.6 Å². The predicted molar refractivity (Wildman–Crippen MR) is 104 cm³/mol. The third-order valence-corrected chi connectivity index (χ3v) is 5.87. The third-order valence-electron chi connectivity index (χ3n) is 5.87. The number of rotatable bonds is 2. The van der Waals surface area contributed by atoms with E-state index in [1.165, 1.54) is 29.2 Å². The van der Waals surface area contributed by atoms with Crippen molar-refractivity contribution in [2.75, 3.05) is 33.7 Å². The molecule has 0 unspecified atom stereocenters. The zero-order valence-electron chi connectivity index (χ0n) is 16.4. The highest BCUT2D eigenvalue weighted by atomic mass is 19.1. The van der Waals surface area contributed by atoms with Crippen LogP contribution < -0.4 is 0 Å². The van der Waals surface area contributed by atoms with Gasteiger partial charge in [0.1, 0.15) is 11.6 Å². The van der Waals surface area contributed by atoms with Crippen molar-refractivity contribution in [3.63, 3.8) is 0 Å². The lowest BCUT2D eigenvalue weighted by atomic mass is 9.89. The molecule has 2 aliphatic rings. The second-order valence-electron chi connectivity index (χ2n) is 7.94. The first-order valence-corrected chi connectivity index (χ1v) is 9.64. The van der Waals surface area contributed by atoms with Crippen LogP contribution in [0.1, 0.15) is 22.0 Å². The fourth-order valence-corrected chi connectivity index (χ4v) is 4.59. The molecule has 2 fully saturated rings. The van der Waals surface area contributed by atoms with Crippen LogP contribution in [0.3, 0.4) is 0 Å². The topological polar surface area (TPSA) is 43.9 Å². The van der Waals surface area contributed by atoms with Crippen LogP contribution in [0.25, 0.3) is 0 Å². The van der Waals surface area contributed by atoms with E-state index in [0.29, 0.717) is 25.2 Å². The molecule has 4 rings (SSSR count). The van der Waals surface area contributed by atoms with Crippen molar-refractivity contribution in [1.29, 1.82) is 0 Å². The van der Waals surface area contributed by atoms with Crippen LogP contribution in [-0.4, -0.2) is 60.4 Å². The van der Waals surface area contributed by atoms with E-state index < -0.39 is 5.82 Å². The minimum atomic E-state index is -0.541. The summed E-state index contributed by atoms with van der Waals surface area (Å²) in [4.78, 5) is 30.5. The molecule has 29 heavy (non-hydrogen) atoms. The lowest BCUT2D eigenvalue weighted by molar-refractivity contribution is 0.0762. The number of fused-ring (bicyclic) bond motifs is 1. The summed E-state index contributed by atoms with van der Waals surface area (Å²) in [6.45, 7) is 1.32. The van der Waals surface area contributed by atoms with E-state index in [4.69, 9.17) is 0 Å². The van der Waals surface area contributed by atoms with E-state index in [0.717, 1.165) is 0 Å². The van der Waals surface area contributed by atoms with E-state index in [1.54, 1.807) is 42.1 Å². The molecule has 2 aromatic carbocycles. The standard InChI is InChI=1S/C22H23F2N3O2/c1-25(2)22(29)27-12-15-11-26(21(28)17-8-3-4-9-19(17)24)13-18(15)20(27)14-6-5-7-16(23)10-14/h3-10,15,18,20H,11-13H2,1-2H3/t15-,18-,20-/m1/s1. The molecule has 152 valence electrons. The van der Waals surface area contributed by atoms with Crippen molar-refractivity contribution in [1.82, 2.24) is 14.7 Å². The minimum absolute atomic E-state index is 0.0311. The number of hydrogen-bond donors (Lipinski definition) is 0. The fraction of sp³-hybridized carbons (Fsp3) is 0.364. The zero-order valence-corrected chi connectivity index (χ0v) is 16.4. The highest BCUT2D eigenvalue weighted by Crippen LogP contribution is 2.45. The molecule has 0 aromatic heterocycles. The number of hydrogen-bond acceptors (Lipinski definition) is 2. The molecule has 7 heteroatoms. The Labute approximate surface area is 168 Å². The lowest BCUT2D eigenvalue weighted by Gasteiger charge is -2.32. The van der Waals surface area contributed by atoms with E-state index >= 15 is 0 Å². The van der Waals surface area contributed by atoms with E-state index in [9.17, 15) is 18.4 Å². The summed E-state index contributed by atoms with van der Waals surface area (Å²) < 4.78 is 28.0. The molecule has 2 saturated heterocycles. The maximum absolute atomic E-state index is 14.1. The van der Waals surface area contributed by atoms with E-state index in [-0.39, 0.29) is 41.2 Å². The Morgan fingerprint density at radius 2 is 1.76 bits per heavy atom. The Bertz CT molecular complexity index is 949. The molecule has 2 aromatic rings. The van der Waals surface area contributed by atoms with Gasteiger partial charge in [0, 0.05) is 45.6 Å². The van der Waals surface area contributed by atoms with Crippen molar-refractivity contribution in [3.05, 3.63) is 71.3 Å². The van der Waals surface area contributed by atoms with Crippen LogP contribution in [0.15, 0.2) is 48.5 Å². The number of likely N-dealkylation sites (tertiary alicyclic amines) is 2. The first-order valence-electron chi connectivity index (χ1n) is 9.64. The summed E-state index contributed by atoms with van der Waals surface area (Å²) in [6.07, 6.45) is 0. The summed E-state index contributed by atoms with van der Waals surface area (Å²) in [5.41, 5.74) is 0.767. The SMILES string of the molecule is CN(C)C(=O)N1C[C@H]2CN(C(=O)c3ccccc3F)C[C@H]2[C@H]1c1cccc(F)c1. The van der Waals surface area contributed by atoms with Gasteiger partial charge < -0.3 is 14.7 Å². The predicted octanol–water partition coefficient (Wildman–Crippen LogP) is 3.39. The number of halogens is 2. The Balaban J connectivity index is 1.63. The van der Waals surface area contributed by atoms with Gasteiger partial charge >= 0.3 is 6.03 Å². The second-order valence-corrected chi connectivity index (χ2v) is 7.94. The number of amides is 3. The molecule has 2 aliphatic heterocycles. The van der Waals surface area contributed by atoms with Gasteiger partial charge in [-0.25, -0.2) is 13.6 Å². The summed E-state index contributed by atoms with van der Waals surface area (Å²) in [5.74, 6) is -1.22. The van der Waals surface area contributed by atoms with Crippen molar-refractivity contribution in [2.45, 2.75) is 6.04 Å². The van der Waals surface area contributed by atoms with Crippen molar-refractivity contribution in [3.8, 4) is 0 Å². The maximum atomic E-state index is 14.1. The first kappa shape index (κ1) is 19.4. The highest BCUT2D eigenvalue weighted by molar-refractivity contribution is 5.94. The van der Waals surface area contributed by atoms with E-state index in [1.807, 2.05) is 6.07 Å². The van der Waals surface area contributed by atoms with Gasteiger partial charge in [0.25, 0.3) is 5.91 Å². The van der Waals surface area contributed by atoms with Gasteiger partial charge in [0.15, 0.2) is 0 Å². The molecule has 5 nitrogen and oxygen atoms in total. The molecular weight excluding hydrogens is 376 g/mol. The molecule has 3 amide bonds. The molecule has 0 spiro atoms. The van der Waals surface area contributed by atoms with E-state index in [2.05, 4.69) is 0 Å². The van der Waals surface area contributed by atoms with Gasteiger partial charge in [0.05, 0.1) is 11.6 Å². The zero-order chi connectivity index (χ0) is 20.7. The smallest absolute Gasteiger partial charge is 0.320 e. The van der Waals surface area contributed by atoms with Gasteiger partial charge in [-0.2, -0.15) is 0 Å². The summed E-state index contributed by atoms with van der Waals surface area (Å²) in [5, 5.41) is 0. The molecule has 0 radical (unpaired) electrons. The Kier molecular flexibility index (Phi) is 4.98. The Hall–Kier alpha value is -2.96. The summed E-state index contributed by atoms with van der Waals surface area (Å²) in [7, 11) is 3.38. The lowest BCUT2D eigenvalue weighted by Crippen LogP contribution is -2.42. The first-order chi connectivity index (χ1) is 13.9. The Morgan fingerprint density at radius 3 is 2.45 bits per heavy atom. The number of urea groups is 1. The van der Waals surface area contributed by atoms with Crippen molar-refractivity contribution in [2.24, 2.45) is 11.8 Å². The largest absolute Gasteiger partial charge is 0.338 e.